The summed E-state index contributed by atoms with van der Waals surface area (Å²) >= 11 is 0. The minimum absolute atomic E-state index is 0.148. The van der Waals surface area contributed by atoms with Gasteiger partial charge in [0.05, 0.1) is 34.5 Å². The highest BCUT2D eigenvalue weighted by Crippen LogP contribution is 2.26. The van der Waals surface area contributed by atoms with Gasteiger partial charge in [-0.3, -0.25) is 4.79 Å². The number of fused-ring (bicyclic) bond motifs is 2. The van der Waals surface area contributed by atoms with Crippen LogP contribution in [0.1, 0.15) is 68.1 Å². The van der Waals surface area contributed by atoms with Gasteiger partial charge in [-0.25, -0.2) is 14.6 Å². The van der Waals surface area contributed by atoms with E-state index >= 15 is 0 Å². The fourth-order valence-corrected chi connectivity index (χ4v) is 3.73. The lowest BCUT2D eigenvalue weighted by Crippen LogP contribution is -2.33. The molecular formula is C23H28N6O. The summed E-state index contributed by atoms with van der Waals surface area (Å²) < 4.78 is 1.88. The fourth-order valence-electron chi connectivity index (χ4n) is 3.73. The van der Waals surface area contributed by atoms with E-state index in [0.717, 1.165) is 34.3 Å². The molecule has 3 aromatic heterocycles. The molecule has 0 bridgehead atoms. The second kappa shape index (κ2) is 7.89. The van der Waals surface area contributed by atoms with Gasteiger partial charge in [0.25, 0.3) is 5.91 Å². The second-order valence-electron chi connectivity index (χ2n) is 8.19. The Hall–Kier alpha value is -3.22. The van der Waals surface area contributed by atoms with Crippen LogP contribution in [0, 0.1) is 12.8 Å². The Morgan fingerprint density at radius 2 is 1.97 bits per heavy atom. The van der Waals surface area contributed by atoms with E-state index in [-0.39, 0.29) is 23.9 Å². The van der Waals surface area contributed by atoms with Crippen molar-refractivity contribution in [3.63, 3.8) is 0 Å². The number of pyridine rings is 1. The van der Waals surface area contributed by atoms with Crippen LogP contribution in [-0.4, -0.2) is 30.6 Å². The molecule has 3 heterocycles. The van der Waals surface area contributed by atoms with E-state index in [1.54, 1.807) is 6.20 Å². The first-order chi connectivity index (χ1) is 14.4. The van der Waals surface area contributed by atoms with E-state index < -0.39 is 0 Å². The number of benzene rings is 1. The predicted octanol–water partition coefficient (Wildman–Crippen LogP) is 4.71. The van der Waals surface area contributed by atoms with E-state index in [2.05, 4.69) is 48.1 Å². The molecule has 156 valence electrons. The van der Waals surface area contributed by atoms with Crippen molar-refractivity contribution in [3.05, 3.63) is 53.6 Å². The maximum atomic E-state index is 13.2. The number of imidazole rings is 1. The minimum Gasteiger partial charge on any atom is -0.342 e. The summed E-state index contributed by atoms with van der Waals surface area (Å²) in [5.74, 6) is 0.846. The molecule has 30 heavy (non-hydrogen) atoms. The Balaban J connectivity index is 1.68. The molecule has 0 spiro atoms. The molecular weight excluding hydrogens is 376 g/mol. The molecule has 1 aromatic carbocycles. The summed E-state index contributed by atoms with van der Waals surface area (Å²) in [7, 11) is 0. The molecule has 7 nitrogen and oxygen atoms in total. The number of rotatable bonds is 6. The summed E-state index contributed by atoms with van der Waals surface area (Å²) in [5.41, 5.74) is 3.92. The van der Waals surface area contributed by atoms with Gasteiger partial charge in [-0.05, 0) is 44.9 Å². The standard InChI is InChI=1S/C23H28N6O/c1-6-14(4)20(21-26-18-9-7-8-10-19(18)27-21)28-23(30)17-11-16-12-24-29(13(2)3)22(16)25-15(17)5/h7-14,20H,6H2,1-5H3,(H,26,27)(H,28,30). The third-order valence-electron chi connectivity index (χ3n) is 5.70. The minimum atomic E-state index is -0.219. The molecule has 0 saturated carbocycles. The van der Waals surface area contributed by atoms with Gasteiger partial charge in [-0.2, -0.15) is 5.10 Å². The summed E-state index contributed by atoms with van der Waals surface area (Å²) in [6.45, 7) is 10.2. The molecule has 7 heteroatoms. The smallest absolute Gasteiger partial charge is 0.253 e. The highest BCUT2D eigenvalue weighted by molar-refractivity contribution is 5.98. The quantitative estimate of drug-likeness (QED) is 0.487. The van der Waals surface area contributed by atoms with Gasteiger partial charge < -0.3 is 10.3 Å². The van der Waals surface area contributed by atoms with Crippen LogP contribution in [0.15, 0.2) is 36.5 Å². The van der Waals surface area contributed by atoms with Gasteiger partial charge in [-0.1, -0.05) is 32.4 Å². The van der Waals surface area contributed by atoms with Crippen LogP contribution in [0.3, 0.4) is 0 Å². The molecule has 0 aliphatic carbocycles. The first-order valence-corrected chi connectivity index (χ1v) is 10.5. The number of hydrogen-bond donors (Lipinski definition) is 2. The monoisotopic (exact) mass is 404 g/mol. The number of carbonyl (C=O) groups is 1. The third-order valence-corrected chi connectivity index (χ3v) is 5.70. The van der Waals surface area contributed by atoms with Crippen molar-refractivity contribution in [2.45, 2.75) is 53.1 Å². The predicted molar refractivity (Wildman–Crippen MR) is 118 cm³/mol. The van der Waals surface area contributed by atoms with Gasteiger partial charge in [0.2, 0.25) is 0 Å². The van der Waals surface area contributed by atoms with Crippen molar-refractivity contribution in [2.75, 3.05) is 0 Å². The molecule has 1 amide bonds. The summed E-state index contributed by atoms with van der Waals surface area (Å²) in [6, 6.07) is 9.77. The number of para-hydroxylation sites is 2. The average Bonchev–Trinajstić information content (AvgIpc) is 3.34. The highest BCUT2D eigenvalue weighted by atomic mass is 16.1. The van der Waals surface area contributed by atoms with Gasteiger partial charge in [0.15, 0.2) is 5.65 Å². The van der Waals surface area contributed by atoms with Crippen molar-refractivity contribution in [3.8, 4) is 0 Å². The van der Waals surface area contributed by atoms with Gasteiger partial charge in [-0.15, -0.1) is 0 Å². The van der Waals surface area contributed by atoms with E-state index in [1.165, 1.54) is 0 Å². The summed E-state index contributed by atoms with van der Waals surface area (Å²) in [4.78, 5) is 26.0. The van der Waals surface area contributed by atoms with Crippen LogP contribution in [0.5, 0.6) is 0 Å². The van der Waals surface area contributed by atoms with Crippen molar-refractivity contribution in [2.24, 2.45) is 5.92 Å². The Bertz CT molecular complexity index is 1170. The summed E-state index contributed by atoms with van der Waals surface area (Å²) in [5, 5.41) is 8.48. The van der Waals surface area contributed by atoms with E-state index in [4.69, 9.17) is 4.98 Å². The van der Waals surface area contributed by atoms with Crippen molar-refractivity contribution in [1.29, 1.82) is 0 Å². The van der Waals surface area contributed by atoms with E-state index in [1.807, 2.05) is 41.9 Å². The Morgan fingerprint density at radius 3 is 2.67 bits per heavy atom. The SMILES string of the molecule is CCC(C)C(NC(=O)c1cc2cnn(C(C)C)c2nc1C)c1nc2ccccc2[nH]1. The number of aryl methyl sites for hydroxylation is 1. The number of aromatic nitrogens is 5. The number of hydrogen-bond acceptors (Lipinski definition) is 4. The lowest BCUT2D eigenvalue weighted by molar-refractivity contribution is 0.0919. The molecule has 4 aromatic rings. The zero-order valence-electron chi connectivity index (χ0n) is 18.1. The topological polar surface area (TPSA) is 88.5 Å². The first-order valence-electron chi connectivity index (χ1n) is 10.5. The van der Waals surface area contributed by atoms with Crippen LogP contribution in [0.25, 0.3) is 22.1 Å². The van der Waals surface area contributed by atoms with Crippen LogP contribution >= 0.6 is 0 Å². The maximum Gasteiger partial charge on any atom is 0.253 e. The van der Waals surface area contributed by atoms with Crippen LogP contribution in [0.2, 0.25) is 0 Å². The molecule has 2 atom stereocenters. The van der Waals surface area contributed by atoms with Crippen LogP contribution in [-0.2, 0) is 0 Å². The first kappa shape index (κ1) is 20.1. The van der Waals surface area contributed by atoms with E-state index in [0.29, 0.717) is 11.3 Å². The Labute approximate surface area is 175 Å². The number of nitrogens with zero attached hydrogens (tertiary/aromatic N) is 4. The lowest BCUT2D eigenvalue weighted by atomic mass is 9.98. The second-order valence-corrected chi connectivity index (χ2v) is 8.19. The number of nitrogens with one attached hydrogen (secondary N) is 2. The zero-order chi connectivity index (χ0) is 21.4. The molecule has 0 fully saturated rings. The third kappa shape index (κ3) is 3.56. The Kier molecular flexibility index (Phi) is 5.28. The molecule has 2 N–H and O–H groups in total. The molecule has 4 rings (SSSR count). The zero-order valence-corrected chi connectivity index (χ0v) is 18.1. The average molecular weight is 405 g/mol. The number of aromatic amines is 1. The summed E-state index contributed by atoms with van der Waals surface area (Å²) in [6.07, 6.45) is 2.68. The van der Waals surface area contributed by atoms with Gasteiger partial charge in [0, 0.05) is 11.4 Å². The highest BCUT2D eigenvalue weighted by Gasteiger charge is 2.25. The molecule has 0 aliphatic heterocycles. The van der Waals surface area contributed by atoms with Gasteiger partial charge in [0.1, 0.15) is 5.82 Å². The van der Waals surface area contributed by atoms with Crippen LogP contribution in [0.4, 0.5) is 0 Å². The number of amides is 1. The van der Waals surface area contributed by atoms with Crippen LogP contribution < -0.4 is 5.32 Å². The molecule has 0 radical (unpaired) electrons. The number of H-pyrrole nitrogens is 1. The Morgan fingerprint density at radius 1 is 1.20 bits per heavy atom. The van der Waals surface area contributed by atoms with Crippen molar-refractivity contribution in [1.82, 2.24) is 30.0 Å². The van der Waals surface area contributed by atoms with Crippen molar-refractivity contribution < 1.29 is 4.79 Å². The maximum absolute atomic E-state index is 13.2. The molecule has 2 unspecified atom stereocenters. The largest absolute Gasteiger partial charge is 0.342 e. The molecule has 0 aliphatic rings. The molecule has 0 saturated heterocycles. The van der Waals surface area contributed by atoms with E-state index in [9.17, 15) is 4.79 Å². The lowest BCUT2D eigenvalue weighted by Gasteiger charge is -2.23. The number of carbonyl (C=O) groups excluding carboxylic acids is 1. The van der Waals surface area contributed by atoms with Gasteiger partial charge >= 0.3 is 0 Å². The normalized spacial score (nSPS) is 13.8. The van der Waals surface area contributed by atoms with Crippen molar-refractivity contribution >= 4 is 28.0 Å². The fraction of sp³-hybridized carbons (Fsp3) is 0.391.